The Bertz CT molecular complexity index is 1100. The van der Waals surface area contributed by atoms with Gasteiger partial charge in [0, 0.05) is 17.6 Å². The highest BCUT2D eigenvalue weighted by Crippen LogP contribution is 2.57. The van der Waals surface area contributed by atoms with Gasteiger partial charge >= 0.3 is 13.5 Å². The molecule has 0 amide bonds. The van der Waals surface area contributed by atoms with Crippen molar-refractivity contribution < 1.29 is 32.4 Å². The lowest BCUT2D eigenvalue weighted by Crippen LogP contribution is -2.43. The van der Waals surface area contributed by atoms with Gasteiger partial charge in [0.2, 0.25) is 0 Å². The molecule has 2 aliphatic rings. The van der Waals surface area contributed by atoms with Crippen molar-refractivity contribution in [2.24, 2.45) is 0 Å². The fourth-order valence-corrected chi connectivity index (χ4v) is 5.22. The van der Waals surface area contributed by atoms with E-state index in [1.54, 1.807) is 24.3 Å². The quantitative estimate of drug-likeness (QED) is 0.607. The van der Waals surface area contributed by atoms with Crippen LogP contribution in [0.2, 0.25) is 5.02 Å². The standard InChI is InChI=1S/C19H22ClFN3O7P/c1-19(21)16(25)14(30-17(19)24-7-5-15(22)23-18(24)26)10-29-32(27)28-8-6-13(31-32)11-3-2-4-12(20)9-11/h2-5,7,9,13-14,16-17,25H,6,8,10H2,1H3,(H2,22,23,26)/t13-,14+,16+,17+,19-,32+/m0/s1. The number of phosphoric ester groups is 1. The summed E-state index contributed by atoms with van der Waals surface area (Å²) in [5.41, 5.74) is 2.95. The number of rotatable bonds is 5. The lowest BCUT2D eigenvalue weighted by atomic mass is 9.98. The van der Waals surface area contributed by atoms with E-state index in [2.05, 4.69) is 4.98 Å². The molecule has 2 aromatic rings. The summed E-state index contributed by atoms with van der Waals surface area (Å²) in [6.07, 6.45) is -3.40. The normalized spacial score (nSPS) is 35.1. The molecular weight excluding hydrogens is 468 g/mol. The van der Waals surface area contributed by atoms with Crippen molar-refractivity contribution in [1.29, 1.82) is 0 Å². The maximum Gasteiger partial charge on any atom is 0.475 e. The van der Waals surface area contributed by atoms with Crippen LogP contribution in [-0.2, 0) is 22.9 Å². The van der Waals surface area contributed by atoms with E-state index in [0.29, 0.717) is 17.0 Å². The molecule has 1 aromatic heterocycles. The molecule has 1 aromatic carbocycles. The molecule has 32 heavy (non-hydrogen) atoms. The van der Waals surface area contributed by atoms with E-state index in [-0.39, 0.29) is 12.4 Å². The molecule has 4 rings (SSSR count). The average Bonchev–Trinajstić information content (AvgIpc) is 2.96. The molecule has 174 valence electrons. The first-order valence-corrected chi connectivity index (χ1v) is 11.6. The first-order chi connectivity index (χ1) is 15.1. The molecule has 0 unspecified atom stereocenters. The van der Waals surface area contributed by atoms with Crippen LogP contribution in [0.1, 0.15) is 31.2 Å². The lowest BCUT2D eigenvalue weighted by molar-refractivity contribution is -0.0653. The van der Waals surface area contributed by atoms with Crippen LogP contribution in [0.5, 0.6) is 0 Å². The highest BCUT2D eigenvalue weighted by molar-refractivity contribution is 7.48. The topological polar surface area (TPSA) is 135 Å². The summed E-state index contributed by atoms with van der Waals surface area (Å²) in [5, 5.41) is 10.9. The Hall–Kier alpha value is -1.85. The van der Waals surface area contributed by atoms with E-state index in [1.807, 2.05) is 0 Å². The number of ether oxygens (including phenoxy) is 1. The van der Waals surface area contributed by atoms with Gasteiger partial charge in [-0.05, 0) is 30.7 Å². The molecule has 2 saturated heterocycles. The van der Waals surface area contributed by atoms with Gasteiger partial charge in [-0.1, -0.05) is 23.7 Å². The van der Waals surface area contributed by atoms with Gasteiger partial charge < -0.3 is 15.6 Å². The number of benzene rings is 1. The van der Waals surface area contributed by atoms with Gasteiger partial charge in [0.15, 0.2) is 11.9 Å². The molecular formula is C19H22ClFN3O7P. The fourth-order valence-electron chi connectivity index (χ4n) is 3.63. The zero-order chi connectivity index (χ0) is 23.1. The minimum absolute atomic E-state index is 0.0378. The van der Waals surface area contributed by atoms with Gasteiger partial charge in [0.1, 0.15) is 18.0 Å². The third-order valence-electron chi connectivity index (χ3n) is 5.32. The molecule has 0 aliphatic carbocycles. The number of alkyl halides is 1. The van der Waals surface area contributed by atoms with Crippen molar-refractivity contribution in [2.75, 3.05) is 18.9 Å². The van der Waals surface area contributed by atoms with Crippen LogP contribution in [0.25, 0.3) is 0 Å². The molecule has 0 radical (unpaired) electrons. The molecule has 3 heterocycles. The van der Waals surface area contributed by atoms with Crippen LogP contribution >= 0.6 is 19.4 Å². The zero-order valence-corrected chi connectivity index (χ0v) is 18.6. The molecule has 3 N–H and O–H groups in total. The summed E-state index contributed by atoms with van der Waals surface area (Å²) in [6.45, 7) is 0.669. The number of nitrogens with two attached hydrogens (primary N) is 1. The van der Waals surface area contributed by atoms with Crippen molar-refractivity contribution >= 4 is 25.2 Å². The van der Waals surface area contributed by atoms with Crippen molar-refractivity contribution in [3.05, 3.63) is 57.6 Å². The van der Waals surface area contributed by atoms with E-state index >= 15 is 4.39 Å². The van der Waals surface area contributed by atoms with E-state index in [4.69, 9.17) is 35.6 Å². The number of hydrogen-bond acceptors (Lipinski definition) is 9. The number of aliphatic hydroxyl groups excluding tert-OH is 1. The highest BCUT2D eigenvalue weighted by atomic mass is 35.5. The monoisotopic (exact) mass is 489 g/mol. The van der Waals surface area contributed by atoms with Crippen molar-refractivity contribution in [2.45, 2.75) is 43.6 Å². The van der Waals surface area contributed by atoms with Crippen LogP contribution in [-0.4, -0.2) is 45.7 Å². The lowest BCUT2D eigenvalue weighted by Gasteiger charge is -2.30. The summed E-state index contributed by atoms with van der Waals surface area (Å²) in [5.74, 6) is -0.0378. The average molecular weight is 490 g/mol. The van der Waals surface area contributed by atoms with Gasteiger partial charge in [-0.25, -0.2) is 13.8 Å². The summed E-state index contributed by atoms with van der Waals surface area (Å²) in [4.78, 5) is 15.6. The van der Waals surface area contributed by atoms with E-state index in [9.17, 15) is 14.5 Å². The first-order valence-electron chi connectivity index (χ1n) is 9.79. The van der Waals surface area contributed by atoms with Gasteiger partial charge in [0.05, 0.1) is 19.3 Å². The molecule has 0 bridgehead atoms. The minimum Gasteiger partial charge on any atom is -0.387 e. The SMILES string of the molecule is C[C@]1(F)[C@H](O)[C@@H](CO[P@@]2(=O)OCC[C@@H](c3cccc(Cl)c3)O2)O[C@H]1n1ccc(N)nc1=O. The van der Waals surface area contributed by atoms with Crippen molar-refractivity contribution in [3.63, 3.8) is 0 Å². The summed E-state index contributed by atoms with van der Waals surface area (Å²) >= 11 is 6.01. The predicted molar refractivity (Wildman–Crippen MR) is 112 cm³/mol. The molecule has 2 aliphatic heterocycles. The van der Waals surface area contributed by atoms with Crippen molar-refractivity contribution in [1.82, 2.24) is 9.55 Å². The van der Waals surface area contributed by atoms with Gasteiger partial charge in [0.25, 0.3) is 0 Å². The van der Waals surface area contributed by atoms with Gasteiger partial charge in [-0.15, -0.1) is 0 Å². The molecule has 0 spiro atoms. The van der Waals surface area contributed by atoms with Crippen LogP contribution in [0.4, 0.5) is 10.2 Å². The molecule has 0 saturated carbocycles. The Labute approximate surface area is 187 Å². The van der Waals surface area contributed by atoms with Crippen LogP contribution < -0.4 is 11.4 Å². The molecule has 10 nitrogen and oxygen atoms in total. The second kappa shape index (κ2) is 8.83. The Kier molecular flexibility index (Phi) is 6.43. The number of halogens is 2. The summed E-state index contributed by atoms with van der Waals surface area (Å²) in [6, 6.07) is 8.19. The van der Waals surface area contributed by atoms with Crippen LogP contribution in [0.3, 0.4) is 0 Å². The minimum atomic E-state index is -4.03. The fraction of sp³-hybridized carbons (Fsp3) is 0.474. The maximum atomic E-state index is 15.3. The zero-order valence-electron chi connectivity index (χ0n) is 17.0. The Morgan fingerprint density at radius 1 is 1.47 bits per heavy atom. The second-order valence-electron chi connectivity index (χ2n) is 7.68. The molecule has 6 atom stereocenters. The van der Waals surface area contributed by atoms with Crippen molar-refractivity contribution in [3.8, 4) is 0 Å². The first kappa shape index (κ1) is 23.3. The number of phosphoric acid groups is 1. The summed E-state index contributed by atoms with van der Waals surface area (Å²) < 4.78 is 50.7. The molecule has 2 fully saturated rings. The Morgan fingerprint density at radius 3 is 2.97 bits per heavy atom. The number of nitrogen functional groups attached to an aromatic ring is 1. The van der Waals surface area contributed by atoms with Gasteiger partial charge in [-0.2, -0.15) is 4.98 Å². The van der Waals surface area contributed by atoms with Crippen LogP contribution in [0.15, 0.2) is 41.3 Å². The van der Waals surface area contributed by atoms with Crippen LogP contribution in [0, 0.1) is 0 Å². The third kappa shape index (κ3) is 4.60. The highest BCUT2D eigenvalue weighted by Gasteiger charge is 2.56. The Balaban J connectivity index is 1.46. The number of aromatic nitrogens is 2. The smallest absolute Gasteiger partial charge is 0.387 e. The molecule has 13 heteroatoms. The number of aliphatic hydroxyl groups is 1. The summed E-state index contributed by atoms with van der Waals surface area (Å²) in [7, 11) is -4.03. The van der Waals surface area contributed by atoms with E-state index < -0.39 is 50.3 Å². The van der Waals surface area contributed by atoms with E-state index in [1.165, 1.54) is 12.3 Å². The predicted octanol–water partition coefficient (Wildman–Crippen LogP) is 2.77. The number of anilines is 1. The largest absolute Gasteiger partial charge is 0.475 e. The maximum absolute atomic E-state index is 15.3. The number of nitrogens with zero attached hydrogens (tertiary/aromatic N) is 2. The Morgan fingerprint density at radius 2 is 2.25 bits per heavy atom. The van der Waals surface area contributed by atoms with E-state index in [0.717, 1.165) is 11.5 Å². The second-order valence-corrected chi connectivity index (χ2v) is 9.74. The number of hydrogen-bond donors (Lipinski definition) is 2. The third-order valence-corrected chi connectivity index (χ3v) is 7.04. The van der Waals surface area contributed by atoms with Gasteiger partial charge in [-0.3, -0.25) is 18.1 Å².